The fourth-order valence-corrected chi connectivity index (χ4v) is 3.51. The molecular weight excluding hydrogens is 260 g/mol. The normalized spacial score (nSPS) is 20.3. The lowest BCUT2D eigenvalue weighted by Gasteiger charge is -2.34. The van der Waals surface area contributed by atoms with Gasteiger partial charge in [0.15, 0.2) is 0 Å². The number of hydrogen-bond donors (Lipinski definition) is 1. The van der Waals surface area contributed by atoms with E-state index in [0.717, 1.165) is 25.6 Å². The molecular formula is C18H26N2O. The summed E-state index contributed by atoms with van der Waals surface area (Å²) in [6, 6.07) is 10.8. The Hall–Kier alpha value is -1.35. The molecule has 2 aliphatic rings. The van der Waals surface area contributed by atoms with Crippen molar-refractivity contribution < 1.29 is 4.79 Å². The van der Waals surface area contributed by atoms with E-state index in [1.54, 1.807) is 0 Å². The van der Waals surface area contributed by atoms with Crippen molar-refractivity contribution in [3.05, 3.63) is 35.9 Å². The number of amides is 1. The van der Waals surface area contributed by atoms with Crippen molar-refractivity contribution in [1.82, 2.24) is 10.2 Å². The summed E-state index contributed by atoms with van der Waals surface area (Å²) in [5.74, 6) is 1.63. The van der Waals surface area contributed by atoms with Gasteiger partial charge in [-0.05, 0) is 43.1 Å². The van der Waals surface area contributed by atoms with Crippen LogP contribution in [0, 0.1) is 5.92 Å². The number of nitrogens with zero attached hydrogens (tertiary/aromatic N) is 1. The van der Waals surface area contributed by atoms with Crippen molar-refractivity contribution in [3.8, 4) is 0 Å². The maximum Gasteiger partial charge on any atom is 0.236 e. The first-order valence-corrected chi connectivity index (χ1v) is 8.38. The van der Waals surface area contributed by atoms with Crippen LogP contribution in [0.2, 0.25) is 0 Å². The molecule has 114 valence electrons. The minimum absolute atomic E-state index is 0.271. The number of rotatable bonds is 6. The zero-order valence-electron chi connectivity index (χ0n) is 12.8. The highest BCUT2D eigenvalue weighted by molar-refractivity contribution is 5.78. The highest BCUT2D eigenvalue weighted by Gasteiger charge is 2.28. The van der Waals surface area contributed by atoms with Crippen molar-refractivity contribution in [1.29, 1.82) is 0 Å². The SMILES string of the molecule is O=C(CNC[C@@H](c1ccccc1)C1CCC1)N1CCCC1. The summed E-state index contributed by atoms with van der Waals surface area (Å²) >= 11 is 0. The molecule has 1 aliphatic carbocycles. The van der Waals surface area contributed by atoms with Gasteiger partial charge in [-0.25, -0.2) is 0 Å². The molecule has 0 aromatic heterocycles. The standard InChI is InChI=1S/C18H26N2O/c21-18(20-11-4-5-12-20)14-19-13-17(16-9-6-10-16)15-7-2-1-3-8-15/h1-3,7-8,16-17,19H,4-6,9-14H2/t17-/m0/s1. The Bertz CT molecular complexity index is 450. The molecule has 1 N–H and O–H groups in total. The largest absolute Gasteiger partial charge is 0.342 e. The summed E-state index contributed by atoms with van der Waals surface area (Å²) in [6.07, 6.45) is 6.37. The van der Waals surface area contributed by atoms with E-state index in [9.17, 15) is 4.79 Å². The summed E-state index contributed by atoms with van der Waals surface area (Å²) in [4.78, 5) is 14.1. The van der Waals surface area contributed by atoms with E-state index in [1.165, 1.54) is 37.7 Å². The molecule has 1 saturated carbocycles. The van der Waals surface area contributed by atoms with Crippen LogP contribution in [0.25, 0.3) is 0 Å². The van der Waals surface area contributed by atoms with Crippen molar-refractivity contribution in [2.45, 2.75) is 38.0 Å². The lowest BCUT2D eigenvalue weighted by atomic mass is 9.73. The van der Waals surface area contributed by atoms with Crippen LogP contribution < -0.4 is 5.32 Å². The molecule has 3 rings (SSSR count). The zero-order chi connectivity index (χ0) is 14.5. The molecule has 3 nitrogen and oxygen atoms in total. The maximum atomic E-state index is 12.1. The monoisotopic (exact) mass is 286 g/mol. The summed E-state index contributed by atoms with van der Waals surface area (Å²) in [5, 5.41) is 3.42. The van der Waals surface area contributed by atoms with Gasteiger partial charge in [0, 0.05) is 19.6 Å². The van der Waals surface area contributed by atoms with Crippen molar-refractivity contribution in [3.63, 3.8) is 0 Å². The third-order valence-corrected chi connectivity index (χ3v) is 5.05. The lowest BCUT2D eigenvalue weighted by molar-refractivity contribution is -0.129. The average Bonchev–Trinajstić information content (AvgIpc) is 2.99. The minimum atomic E-state index is 0.271. The van der Waals surface area contributed by atoms with Gasteiger partial charge in [-0.2, -0.15) is 0 Å². The van der Waals surface area contributed by atoms with Gasteiger partial charge in [0.1, 0.15) is 0 Å². The Morgan fingerprint density at radius 3 is 2.48 bits per heavy atom. The molecule has 0 radical (unpaired) electrons. The molecule has 0 spiro atoms. The number of carbonyl (C=O) groups excluding carboxylic acids is 1. The molecule has 0 bridgehead atoms. The van der Waals surface area contributed by atoms with E-state index >= 15 is 0 Å². The van der Waals surface area contributed by atoms with Crippen LogP contribution in [-0.4, -0.2) is 37.0 Å². The van der Waals surface area contributed by atoms with Crippen LogP contribution in [0.15, 0.2) is 30.3 Å². The Labute approximate surface area is 127 Å². The molecule has 1 amide bonds. The van der Waals surface area contributed by atoms with Crippen LogP contribution in [0.4, 0.5) is 0 Å². The van der Waals surface area contributed by atoms with Crippen LogP contribution in [-0.2, 0) is 4.79 Å². The van der Waals surface area contributed by atoms with Gasteiger partial charge in [-0.1, -0.05) is 36.8 Å². The summed E-state index contributed by atoms with van der Waals surface area (Å²) in [7, 11) is 0. The van der Waals surface area contributed by atoms with Crippen molar-refractivity contribution >= 4 is 5.91 Å². The van der Waals surface area contributed by atoms with Gasteiger partial charge in [-0.3, -0.25) is 4.79 Å². The van der Waals surface area contributed by atoms with E-state index in [1.807, 2.05) is 4.90 Å². The molecule has 1 atom stereocenters. The minimum Gasteiger partial charge on any atom is -0.342 e. The van der Waals surface area contributed by atoms with Gasteiger partial charge in [-0.15, -0.1) is 0 Å². The number of likely N-dealkylation sites (tertiary alicyclic amines) is 1. The smallest absolute Gasteiger partial charge is 0.236 e. The summed E-state index contributed by atoms with van der Waals surface area (Å²) < 4.78 is 0. The van der Waals surface area contributed by atoms with E-state index in [-0.39, 0.29) is 5.91 Å². The fourth-order valence-electron chi connectivity index (χ4n) is 3.51. The molecule has 21 heavy (non-hydrogen) atoms. The van der Waals surface area contributed by atoms with Crippen LogP contribution in [0.5, 0.6) is 0 Å². The molecule has 3 heteroatoms. The maximum absolute atomic E-state index is 12.1. The second-order valence-electron chi connectivity index (χ2n) is 6.43. The molecule has 2 fully saturated rings. The van der Waals surface area contributed by atoms with Crippen molar-refractivity contribution in [2.24, 2.45) is 5.92 Å². The number of hydrogen-bond acceptors (Lipinski definition) is 2. The molecule has 1 aromatic rings. The third kappa shape index (κ3) is 3.65. The number of nitrogens with one attached hydrogen (secondary N) is 1. The molecule has 0 unspecified atom stereocenters. The molecule has 1 aliphatic heterocycles. The molecule has 1 saturated heterocycles. The van der Waals surface area contributed by atoms with Gasteiger partial charge >= 0.3 is 0 Å². The Balaban J connectivity index is 1.51. The number of carbonyl (C=O) groups is 1. The highest BCUT2D eigenvalue weighted by atomic mass is 16.2. The van der Waals surface area contributed by atoms with Gasteiger partial charge in [0.25, 0.3) is 0 Å². The van der Waals surface area contributed by atoms with E-state index in [2.05, 4.69) is 35.6 Å². The van der Waals surface area contributed by atoms with Crippen LogP contribution in [0.3, 0.4) is 0 Å². The Kier molecular flexibility index (Phi) is 4.91. The van der Waals surface area contributed by atoms with E-state index in [0.29, 0.717) is 12.5 Å². The Morgan fingerprint density at radius 2 is 1.86 bits per heavy atom. The fraction of sp³-hybridized carbons (Fsp3) is 0.611. The first kappa shape index (κ1) is 14.6. The number of benzene rings is 1. The van der Waals surface area contributed by atoms with Gasteiger partial charge in [0.05, 0.1) is 6.54 Å². The molecule has 1 aromatic carbocycles. The Morgan fingerprint density at radius 1 is 1.14 bits per heavy atom. The quantitative estimate of drug-likeness (QED) is 0.872. The van der Waals surface area contributed by atoms with Crippen LogP contribution >= 0.6 is 0 Å². The topological polar surface area (TPSA) is 32.3 Å². The first-order valence-electron chi connectivity index (χ1n) is 8.38. The molecule has 1 heterocycles. The van der Waals surface area contributed by atoms with E-state index in [4.69, 9.17) is 0 Å². The van der Waals surface area contributed by atoms with Crippen LogP contribution in [0.1, 0.15) is 43.6 Å². The second kappa shape index (κ2) is 7.08. The second-order valence-corrected chi connectivity index (χ2v) is 6.43. The van der Waals surface area contributed by atoms with Crippen molar-refractivity contribution in [2.75, 3.05) is 26.2 Å². The predicted octanol–water partition coefficient (Wildman–Crippen LogP) is 2.78. The summed E-state index contributed by atoms with van der Waals surface area (Å²) in [5.41, 5.74) is 1.42. The lowest BCUT2D eigenvalue weighted by Crippen LogP contribution is -2.39. The van der Waals surface area contributed by atoms with E-state index < -0.39 is 0 Å². The third-order valence-electron chi connectivity index (χ3n) is 5.05. The highest BCUT2D eigenvalue weighted by Crippen LogP contribution is 2.38. The van der Waals surface area contributed by atoms with Gasteiger partial charge in [0.2, 0.25) is 5.91 Å². The zero-order valence-corrected chi connectivity index (χ0v) is 12.8. The predicted molar refractivity (Wildman–Crippen MR) is 85.2 cm³/mol. The summed E-state index contributed by atoms with van der Waals surface area (Å²) in [6.45, 7) is 3.32. The average molecular weight is 286 g/mol. The van der Waals surface area contributed by atoms with Gasteiger partial charge < -0.3 is 10.2 Å². The first-order chi connectivity index (χ1) is 10.3.